The second-order valence-electron chi connectivity index (χ2n) is 6.80. The van der Waals surface area contributed by atoms with Crippen molar-refractivity contribution in [1.29, 1.82) is 0 Å². The van der Waals surface area contributed by atoms with Crippen molar-refractivity contribution in [1.82, 2.24) is 25.0 Å². The molecule has 0 saturated carbocycles. The van der Waals surface area contributed by atoms with E-state index in [4.69, 9.17) is 4.52 Å². The van der Waals surface area contributed by atoms with Crippen molar-refractivity contribution in [2.24, 2.45) is 0 Å². The lowest BCUT2D eigenvalue weighted by molar-refractivity contribution is -0.138. The highest BCUT2D eigenvalue weighted by Crippen LogP contribution is 2.28. The molecule has 0 aliphatic rings. The Morgan fingerprint density at radius 3 is 2.48 bits per heavy atom. The number of nitrogens with zero attached hydrogens (tertiary/aromatic N) is 5. The summed E-state index contributed by atoms with van der Waals surface area (Å²) < 4.78 is 42.9. The molecule has 11 heteroatoms. The first kappa shape index (κ1) is 22.2. The number of alkyl halides is 3. The predicted molar refractivity (Wildman–Crippen MR) is 106 cm³/mol. The molecule has 31 heavy (non-hydrogen) atoms. The summed E-state index contributed by atoms with van der Waals surface area (Å²) in [7, 11) is 0. The number of amides is 1. The standard InChI is InChI=1S/C20H21F3N6O2/c1-4-29(12(2)9-24-19-25-10-14(11-26-19)20(21,22)23)18(30)16-8-6-5-7-15(16)17-27-13(3)31-28-17/h5-8,10-12H,4,9H2,1-3H3,(H,24,25,26)/t12-/m0/s1. The average molecular weight is 434 g/mol. The van der Waals surface area contributed by atoms with E-state index in [0.717, 1.165) is 0 Å². The van der Waals surface area contributed by atoms with Crippen LogP contribution < -0.4 is 5.32 Å². The van der Waals surface area contributed by atoms with Crippen LogP contribution in [-0.2, 0) is 6.18 Å². The highest BCUT2D eigenvalue weighted by Gasteiger charge is 2.31. The third-order valence-corrected chi connectivity index (χ3v) is 4.59. The van der Waals surface area contributed by atoms with Crippen molar-refractivity contribution >= 4 is 11.9 Å². The summed E-state index contributed by atoms with van der Waals surface area (Å²) in [6.45, 7) is 5.98. The number of carbonyl (C=O) groups is 1. The van der Waals surface area contributed by atoms with Crippen LogP contribution >= 0.6 is 0 Å². The highest BCUT2D eigenvalue weighted by molar-refractivity contribution is 6.00. The Hall–Kier alpha value is -3.50. The highest BCUT2D eigenvalue weighted by atomic mass is 19.4. The van der Waals surface area contributed by atoms with Gasteiger partial charge in [-0.15, -0.1) is 0 Å². The van der Waals surface area contributed by atoms with Crippen molar-refractivity contribution in [3.8, 4) is 11.4 Å². The molecule has 0 fully saturated rings. The van der Waals surface area contributed by atoms with E-state index in [1.165, 1.54) is 0 Å². The fourth-order valence-electron chi connectivity index (χ4n) is 3.00. The second-order valence-corrected chi connectivity index (χ2v) is 6.80. The lowest BCUT2D eigenvalue weighted by atomic mass is 10.0. The first-order valence-corrected chi connectivity index (χ1v) is 9.54. The van der Waals surface area contributed by atoms with E-state index >= 15 is 0 Å². The van der Waals surface area contributed by atoms with Gasteiger partial charge in [0.2, 0.25) is 17.7 Å². The van der Waals surface area contributed by atoms with E-state index in [0.29, 0.717) is 41.8 Å². The lowest BCUT2D eigenvalue weighted by Crippen LogP contribution is -2.42. The van der Waals surface area contributed by atoms with Gasteiger partial charge in [-0.1, -0.05) is 23.4 Å². The van der Waals surface area contributed by atoms with Gasteiger partial charge in [-0.05, 0) is 19.9 Å². The molecule has 164 valence electrons. The van der Waals surface area contributed by atoms with Crippen molar-refractivity contribution in [3.63, 3.8) is 0 Å². The van der Waals surface area contributed by atoms with Crippen LogP contribution in [0.3, 0.4) is 0 Å². The molecule has 0 saturated heterocycles. The normalized spacial score (nSPS) is 12.5. The Balaban J connectivity index is 1.72. The van der Waals surface area contributed by atoms with Crippen LogP contribution in [0.2, 0.25) is 0 Å². The van der Waals surface area contributed by atoms with Gasteiger partial charge in [-0.25, -0.2) is 9.97 Å². The molecule has 0 aliphatic carbocycles. The molecular formula is C20H21F3N6O2. The Labute approximate surface area is 176 Å². The fraction of sp³-hybridized carbons (Fsp3) is 0.350. The second kappa shape index (κ2) is 9.11. The van der Waals surface area contributed by atoms with Gasteiger partial charge in [-0.2, -0.15) is 18.2 Å². The third-order valence-electron chi connectivity index (χ3n) is 4.59. The van der Waals surface area contributed by atoms with E-state index in [1.807, 2.05) is 13.8 Å². The average Bonchev–Trinajstić information content (AvgIpc) is 3.18. The number of aryl methyl sites for hydroxylation is 1. The van der Waals surface area contributed by atoms with Gasteiger partial charge in [-0.3, -0.25) is 4.79 Å². The molecule has 1 amide bonds. The molecule has 2 heterocycles. The topological polar surface area (TPSA) is 97.0 Å². The van der Waals surface area contributed by atoms with Crippen molar-refractivity contribution in [3.05, 3.63) is 53.7 Å². The smallest absolute Gasteiger partial charge is 0.352 e. The zero-order valence-electron chi connectivity index (χ0n) is 17.1. The van der Waals surface area contributed by atoms with Crippen molar-refractivity contribution < 1.29 is 22.5 Å². The largest absolute Gasteiger partial charge is 0.419 e. The summed E-state index contributed by atoms with van der Waals surface area (Å²) in [5.74, 6) is 0.523. The minimum Gasteiger partial charge on any atom is -0.352 e. The molecule has 3 rings (SSSR count). The summed E-state index contributed by atoms with van der Waals surface area (Å²) in [6.07, 6.45) is -3.07. The van der Waals surface area contributed by atoms with Gasteiger partial charge in [0.25, 0.3) is 5.91 Å². The number of carbonyl (C=O) groups excluding carboxylic acids is 1. The van der Waals surface area contributed by atoms with Crippen LogP contribution in [0.1, 0.15) is 35.7 Å². The fourth-order valence-corrected chi connectivity index (χ4v) is 3.00. The molecule has 8 nitrogen and oxygen atoms in total. The maximum atomic E-state index is 13.2. The van der Waals surface area contributed by atoms with E-state index in [1.54, 1.807) is 36.1 Å². The lowest BCUT2D eigenvalue weighted by Gasteiger charge is -2.29. The van der Waals surface area contributed by atoms with E-state index < -0.39 is 11.7 Å². The van der Waals surface area contributed by atoms with Crippen LogP contribution in [0.5, 0.6) is 0 Å². The maximum absolute atomic E-state index is 13.2. The van der Waals surface area contributed by atoms with Gasteiger partial charge >= 0.3 is 6.18 Å². The summed E-state index contributed by atoms with van der Waals surface area (Å²) in [5.41, 5.74) is 0.0431. The van der Waals surface area contributed by atoms with Gasteiger partial charge in [0.15, 0.2) is 0 Å². The molecule has 0 aliphatic heterocycles. The molecule has 0 radical (unpaired) electrons. The van der Waals surface area contributed by atoms with Gasteiger partial charge in [0, 0.05) is 44.0 Å². The van der Waals surface area contributed by atoms with Crippen molar-refractivity contribution in [2.75, 3.05) is 18.4 Å². The number of benzene rings is 1. The zero-order valence-corrected chi connectivity index (χ0v) is 17.1. The number of hydrogen-bond acceptors (Lipinski definition) is 7. The van der Waals surface area contributed by atoms with Crippen LogP contribution in [-0.4, -0.2) is 50.0 Å². The number of likely N-dealkylation sites (N-methyl/N-ethyl adjacent to an activating group) is 1. The molecule has 0 spiro atoms. The third kappa shape index (κ3) is 5.16. The Bertz CT molecular complexity index is 1040. The number of hydrogen-bond donors (Lipinski definition) is 1. The number of anilines is 1. The molecule has 0 bridgehead atoms. The molecule has 0 unspecified atom stereocenters. The molecule has 1 atom stereocenters. The van der Waals surface area contributed by atoms with Gasteiger partial charge < -0.3 is 14.7 Å². The number of halogens is 3. The SMILES string of the molecule is CCN(C(=O)c1ccccc1-c1noc(C)n1)[C@@H](C)CNc1ncc(C(F)(F)F)cn1. The quantitative estimate of drug-likeness (QED) is 0.604. The van der Waals surface area contributed by atoms with E-state index in [9.17, 15) is 18.0 Å². The molecule has 2 aromatic heterocycles. The summed E-state index contributed by atoms with van der Waals surface area (Å²) in [5, 5.41) is 6.76. The number of nitrogens with one attached hydrogen (secondary N) is 1. The molecular weight excluding hydrogens is 413 g/mol. The van der Waals surface area contributed by atoms with Crippen LogP contribution in [0.15, 0.2) is 41.2 Å². The minimum atomic E-state index is -4.50. The van der Waals surface area contributed by atoms with E-state index in [-0.39, 0.29) is 24.4 Å². The summed E-state index contributed by atoms with van der Waals surface area (Å²) in [6, 6.07) is 6.65. The van der Waals surface area contributed by atoms with E-state index in [2.05, 4.69) is 25.4 Å². The van der Waals surface area contributed by atoms with Gasteiger partial charge in [0.05, 0.1) is 11.1 Å². The first-order chi connectivity index (χ1) is 14.7. The molecule has 1 N–H and O–H groups in total. The number of aromatic nitrogens is 4. The number of rotatable bonds is 7. The molecule has 3 aromatic rings. The summed E-state index contributed by atoms with van der Waals surface area (Å²) >= 11 is 0. The molecule has 1 aromatic carbocycles. The Kier molecular flexibility index (Phi) is 6.52. The van der Waals surface area contributed by atoms with Gasteiger partial charge in [0.1, 0.15) is 0 Å². The van der Waals surface area contributed by atoms with Crippen LogP contribution in [0.4, 0.5) is 19.1 Å². The predicted octanol–water partition coefficient (Wildman–Crippen LogP) is 3.82. The zero-order chi connectivity index (χ0) is 22.6. The van der Waals surface area contributed by atoms with Crippen molar-refractivity contribution in [2.45, 2.75) is 33.0 Å². The first-order valence-electron chi connectivity index (χ1n) is 9.54. The summed E-state index contributed by atoms with van der Waals surface area (Å²) in [4.78, 5) is 26.4. The van der Waals surface area contributed by atoms with Crippen LogP contribution in [0.25, 0.3) is 11.4 Å². The maximum Gasteiger partial charge on any atom is 0.419 e. The van der Waals surface area contributed by atoms with Crippen LogP contribution in [0, 0.1) is 6.92 Å². The minimum absolute atomic E-state index is 0.0472. The Morgan fingerprint density at radius 2 is 1.90 bits per heavy atom. The Morgan fingerprint density at radius 1 is 1.23 bits per heavy atom. The monoisotopic (exact) mass is 434 g/mol.